The first-order chi connectivity index (χ1) is 9.15. The SMILES string of the molecule is Cc1cccc(Cn2c(N)nc3c(F)cccc32)c1. The van der Waals surface area contributed by atoms with Crippen molar-refractivity contribution in [1.82, 2.24) is 9.55 Å². The van der Waals surface area contributed by atoms with Gasteiger partial charge in [-0.15, -0.1) is 0 Å². The molecule has 0 fully saturated rings. The first-order valence-corrected chi connectivity index (χ1v) is 6.11. The highest BCUT2D eigenvalue weighted by Crippen LogP contribution is 2.21. The van der Waals surface area contributed by atoms with Crippen LogP contribution in [0.5, 0.6) is 0 Å². The van der Waals surface area contributed by atoms with Gasteiger partial charge in [-0.3, -0.25) is 0 Å². The number of nitrogen functional groups attached to an aromatic ring is 1. The second-order valence-corrected chi connectivity index (χ2v) is 4.65. The Morgan fingerprint density at radius 3 is 2.79 bits per heavy atom. The molecule has 0 bridgehead atoms. The van der Waals surface area contributed by atoms with Crippen molar-refractivity contribution in [1.29, 1.82) is 0 Å². The quantitative estimate of drug-likeness (QED) is 0.764. The number of nitrogens with two attached hydrogens (primary N) is 1. The Labute approximate surface area is 110 Å². The fourth-order valence-corrected chi connectivity index (χ4v) is 2.29. The Morgan fingerprint density at radius 1 is 1.21 bits per heavy atom. The zero-order valence-corrected chi connectivity index (χ0v) is 10.6. The molecule has 0 unspecified atom stereocenters. The van der Waals surface area contributed by atoms with E-state index in [4.69, 9.17) is 5.73 Å². The molecule has 1 aromatic heterocycles. The number of rotatable bonds is 2. The predicted molar refractivity (Wildman–Crippen MR) is 74.4 cm³/mol. The summed E-state index contributed by atoms with van der Waals surface area (Å²) in [5.74, 6) is -0.00574. The minimum absolute atomic E-state index is 0.327. The number of aryl methyl sites for hydroxylation is 1. The highest BCUT2D eigenvalue weighted by Gasteiger charge is 2.11. The van der Waals surface area contributed by atoms with Gasteiger partial charge >= 0.3 is 0 Å². The second kappa shape index (κ2) is 4.39. The molecule has 0 saturated heterocycles. The maximum Gasteiger partial charge on any atom is 0.201 e. The number of benzene rings is 2. The summed E-state index contributed by atoms with van der Waals surface area (Å²) in [6.07, 6.45) is 0. The number of aromatic nitrogens is 2. The third-order valence-corrected chi connectivity index (χ3v) is 3.18. The smallest absolute Gasteiger partial charge is 0.201 e. The predicted octanol–water partition coefficient (Wildman–Crippen LogP) is 3.11. The molecular formula is C15H14FN3. The topological polar surface area (TPSA) is 43.8 Å². The third-order valence-electron chi connectivity index (χ3n) is 3.18. The minimum atomic E-state index is -0.341. The van der Waals surface area contributed by atoms with Crippen molar-refractivity contribution in [2.45, 2.75) is 13.5 Å². The van der Waals surface area contributed by atoms with Crippen LogP contribution in [0.15, 0.2) is 42.5 Å². The monoisotopic (exact) mass is 255 g/mol. The largest absolute Gasteiger partial charge is 0.369 e. The fraction of sp³-hybridized carbons (Fsp3) is 0.133. The Hall–Kier alpha value is -2.36. The number of anilines is 1. The number of nitrogens with zero attached hydrogens (tertiary/aromatic N) is 2. The molecule has 0 saturated carbocycles. The summed E-state index contributed by atoms with van der Waals surface area (Å²) < 4.78 is 15.5. The number of imidazole rings is 1. The summed E-state index contributed by atoms with van der Waals surface area (Å²) >= 11 is 0. The molecule has 0 aliphatic carbocycles. The van der Waals surface area contributed by atoms with Gasteiger partial charge in [0.15, 0.2) is 5.82 Å². The molecule has 0 atom stereocenters. The number of para-hydroxylation sites is 1. The lowest BCUT2D eigenvalue weighted by atomic mass is 10.1. The Morgan fingerprint density at radius 2 is 2.00 bits per heavy atom. The van der Waals surface area contributed by atoms with E-state index in [1.54, 1.807) is 6.07 Å². The average Bonchev–Trinajstić information content (AvgIpc) is 2.69. The summed E-state index contributed by atoms with van der Waals surface area (Å²) in [5.41, 5.74) is 9.25. The minimum Gasteiger partial charge on any atom is -0.369 e. The van der Waals surface area contributed by atoms with Gasteiger partial charge in [-0.05, 0) is 24.6 Å². The summed E-state index contributed by atoms with van der Waals surface area (Å²) in [4.78, 5) is 4.10. The molecule has 3 rings (SSSR count). The zero-order valence-electron chi connectivity index (χ0n) is 10.6. The Bertz CT molecular complexity index is 746. The maximum absolute atomic E-state index is 13.7. The molecule has 0 aliphatic rings. The normalized spacial score (nSPS) is 11.1. The lowest BCUT2D eigenvalue weighted by molar-refractivity contribution is 0.637. The van der Waals surface area contributed by atoms with E-state index in [9.17, 15) is 4.39 Å². The molecular weight excluding hydrogens is 241 g/mol. The Balaban J connectivity index is 2.10. The van der Waals surface area contributed by atoms with Gasteiger partial charge in [0.05, 0.1) is 12.1 Å². The van der Waals surface area contributed by atoms with Crippen LogP contribution in [0.4, 0.5) is 10.3 Å². The number of hydrogen-bond acceptors (Lipinski definition) is 2. The molecule has 3 aromatic rings. The van der Waals surface area contributed by atoms with Gasteiger partial charge in [0.1, 0.15) is 5.52 Å². The van der Waals surface area contributed by atoms with Gasteiger partial charge in [-0.25, -0.2) is 9.37 Å². The van der Waals surface area contributed by atoms with E-state index < -0.39 is 0 Å². The van der Waals surface area contributed by atoms with E-state index in [1.807, 2.05) is 35.8 Å². The standard InChI is InChI=1S/C15H14FN3/c1-10-4-2-5-11(8-10)9-19-13-7-3-6-12(16)14(13)18-15(19)17/h2-8H,9H2,1H3,(H2,17,18). The zero-order chi connectivity index (χ0) is 13.4. The van der Waals surface area contributed by atoms with Crippen molar-refractivity contribution in [2.75, 3.05) is 5.73 Å². The van der Waals surface area contributed by atoms with Crippen LogP contribution in [0.3, 0.4) is 0 Å². The van der Waals surface area contributed by atoms with Crippen LogP contribution < -0.4 is 5.73 Å². The maximum atomic E-state index is 13.7. The van der Waals surface area contributed by atoms with E-state index in [0.29, 0.717) is 18.0 Å². The van der Waals surface area contributed by atoms with Crippen LogP contribution in [0, 0.1) is 12.7 Å². The van der Waals surface area contributed by atoms with Crippen LogP contribution in [0.1, 0.15) is 11.1 Å². The van der Waals surface area contributed by atoms with Crippen LogP contribution in [-0.2, 0) is 6.54 Å². The summed E-state index contributed by atoms with van der Waals surface area (Å²) in [6.45, 7) is 2.63. The van der Waals surface area contributed by atoms with E-state index in [1.165, 1.54) is 11.6 Å². The van der Waals surface area contributed by atoms with Crippen molar-refractivity contribution in [3.63, 3.8) is 0 Å². The average molecular weight is 255 g/mol. The molecule has 3 nitrogen and oxygen atoms in total. The lowest BCUT2D eigenvalue weighted by Crippen LogP contribution is -2.04. The molecule has 4 heteroatoms. The summed E-state index contributed by atoms with van der Waals surface area (Å²) in [5, 5.41) is 0. The van der Waals surface area contributed by atoms with Crippen LogP contribution >= 0.6 is 0 Å². The van der Waals surface area contributed by atoms with Crippen molar-refractivity contribution < 1.29 is 4.39 Å². The third kappa shape index (κ3) is 2.05. The molecule has 1 heterocycles. The van der Waals surface area contributed by atoms with Gasteiger partial charge in [0.25, 0.3) is 0 Å². The first kappa shape index (κ1) is 11.7. The first-order valence-electron chi connectivity index (χ1n) is 6.11. The molecule has 2 aromatic carbocycles. The number of fused-ring (bicyclic) bond motifs is 1. The molecule has 2 N–H and O–H groups in total. The van der Waals surface area contributed by atoms with E-state index in [2.05, 4.69) is 11.1 Å². The second-order valence-electron chi connectivity index (χ2n) is 4.65. The van der Waals surface area contributed by atoms with E-state index in [-0.39, 0.29) is 5.82 Å². The van der Waals surface area contributed by atoms with Gasteiger partial charge in [-0.1, -0.05) is 35.9 Å². The summed E-state index contributed by atoms with van der Waals surface area (Å²) in [7, 11) is 0. The molecule has 0 radical (unpaired) electrons. The van der Waals surface area contributed by atoms with Gasteiger partial charge in [0, 0.05) is 0 Å². The van der Waals surface area contributed by atoms with E-state index in [0.717, 1.165) is 11.1 Å². The fourth-order valence-electron chi connectivity index (χ4n) is 2.29. The Kier molecular flexibility index (Phi) is 2.71. The number of halogens is 1. The molecule has 0 aliphatic heterocycles. The molecule has 0 amide bonds. The van der Waals surface area contributed by atoms with Crippen LogP contribution in [0.25, 0.3) is 11.0 Å². The number of hydrogen-bond donors (Lipinski definition) is 1. The highest BCUT2D eigenvalue weighted by atomic mass is 19.1. The van der Waals surface area contributed by atoms with Crippen molar-refractivity contribution in [3.8, 4) is 0 Å². The van der Waals surface area contributed by atoms with Crippen molar-refractivity contribution in [3.05, 3.63) is 59.4 Å². The van der Waals surface area contributed by atoms with Crippen molar-refractivity contribution >= 4 is 17.0 Å². The van der Waals surface area contributed by atoms with Gasteiger partial charge < -0.3 is 10.3 Å². The van der Waals surface area contributed by atoms with Crippen molar-refractivity contribution in [2.24, 2.45) is 0 Å². The molecule has 0 spiro atoms. The molecule has 96 valence electrons. The summed E-state index contributed by atoms with van der Waals surface area (Å²) in [6, 6.07) is 13.1. The lowest BCUT2D eigenvalue weighted by Gasteiger charge is -2.07. The van der Waals surface area contributed by atoms with E-state index >= 15 is 0 Å². The highest BCUT2D eigenvalue weighted by molar-refractivity contribution is 5.79. The van der Waals surface area contributed by atoms with Gasteiger partial charge in [0.2, 0.25) is 5.95 Å². The van der Waals surface area contributed by atoms with Crippen LogP contribution in [-0.4, -0.2) is 9.55 Å². The van der Waals surface area contributed by atoms with Gasteiger partial charge in [-0.2, -0.15) is 0 Å². The van der Waals surface area contributed by atoms with Crippen LogP contribution in [0.2, 0.25) is 0 Å². The molecule has 19 heavy (non-hydrogen) atoms.